The predicted molar refractivity (Wildman–Crippen MR) is 69.6 cm³/mol. The highest BCUT2D eigenvalue weighted by Crippen LogP contribution is 2.41. The van der Waals surface area contributed by atoms with Crippen LogP contribution in [0.2, 0.25) is 0 Å². The highest BCUT2D eigenvalue weighted by molar-refractivity contribution is 5.04. The Morgan fingerprint density at radius 3 is 2.81 bits per heavy atom. The van der Waals surface area contributed by atoms with Crippen molar-refractivity contribution in [1.29, 1.82) is 0 Å². The van der Waals surface area contributed by atoms with E-state index in [1.807, 2.05) is 0 Å². The van der Waals surface area contributed by atoms with E-state index < -0.39 is 0 Å². The molecule has 2 atom stereocenters. The third-order valence-electron chi connectivity index (χ3n) is 4.25. The molecule has 16 heavy (non-hydrogen) atoms. The number of rotatable bonds is 5. The predicted octanol–water partition coefficient (Wildman–Crippen LogP) is 2.42. The molecule has 0 aromatic carbocycles. The molecule has 1 aliphatic carbocycles. The van der Waals surface area contributed by atoms with Crippen molar-refractivity contribution in [1.82, 2.24) is 10.2 Å². The summed E-state index contributed by atoms with van der Waals surface area (Å²) in [5.74, 6) is 0.919. The highest BCUT2D eigenvalue weighted by atomic mass is 15.3. The van der Waals surface area contributed by atoms with Crippen LogP contribution in [0.4, 0.5) is 0 Å². The van der Waals surface area contributed by atoms with Gasteiger partial charge >= 0.3 is 0 Å². The molecule has 1 heterocycles. The molecule has 0 bridgehead atoms. The maximum Gasteiger partial charge on any atom is 0.0309 e. The number of nitrogens with zero attached hydrogens (tertiary/aromatic N) is 1. The highest BCUT2D eigenvalue weighted by Gasteiger charge is 2.45. The minimum absolute atomic E-state index is 0.368. The van der Waals surface area contributed by atoms with E-state index in [2.05, 4.69) is 36.7 Å². The second-order valence-corrected chi connectivity index (χ2v) is 5.73. The lowest BCUT2D eigenvalue weighted by atomic mass is 9.90. The number of hydrogen-bond donors (Lipinski definition) is 1. The van der Waals surface area contributed by atoms with Crippen molar-refractivity contribution in [2.24, 2.45) is 5.92 Å². The Balaban J connectivity index is 1.98. The number of piperazine rings is 1. The average molecular weight is 222 g/mol. The van der Waals surface area contributed by atoms with Crippen LogP contribution in [0.5, 0.6) is 0 Å². The molecule has 2 rings (SSSR count). The van der Waals surface area contributed by atoms with Crippen LogP contribution in [0.1, 0.15) is 39.5 Å². The van der Waals surface area contributed by atoms with Gasteiger partial charge in [0.25, 0.3) is 0 Å². The first-order valence-corrected chi connectivity index (χ1v) is 6.79. The van der Waals surface area contributed by atoms with Crippen molar-refractivity contribution in [2.45, 2.75) is 51.1 Å². The van der Waals surface area contributed by atoms with Gasteiger partial charge in [0.15, 0.2) is 0 Å². The number of hydrogen-bond acceptors (Lipinski definition) is 2. The quantitative estimate of drug-likeness (QED) is 0.719. The minimum Gasteiger partial charge on any atom is -0.308 e. The lowest BCUT2D eigenvalue weighted by Gasteiger charge is -2.46. The smallest absolute Gasteiger partial charge is 0.0309 e. The number of nitrogens with one attached hydrogen (secondary N) is 1. The molecule has 1 saturated carbocycles. The van der Waals surface area contributed by atoms with E-state index >= 15 is 0 Å². The van der Waals surface area contributed by atoms with Gasteiger partial charge in [0.05, 0.1) is 0 Å². The van der Waals surface area contributed by atoms with Gasteiger partial charge in [0, 0.05) is 31.2 Å². The van der Waals surface area contributed by atoms with Crippen LogP contribution in [-0.2, 0) is 0 Å². The summed E-state index contributed by atoms with van der Waals surface area (Å²) in [5.41, 5.74) is 0.368. The molecule has 0 amide bonds. The van der Waals surface area contributed by atoms with Crippen molar-refractivity contribution < 1.29 is 0 Å². The van der Waals surface area contributed by atoms with Gasteiger partial charge in [-0.05, 0) is 32.1 Å². The third-order valence-corrected chi connectivity index (χ3v) is 4.25. The summed E-state index contributed by atoms with van der Waals surface area (Å²) in [6, 6.07) is 0.717. The van der Waals surface area contributed by atoms with Gasteiger partial charge in [-0.15, -0.1) is 6.58 Å². The monoisotopic (exact) mass is 222 g/mol. The Labute approximate surface area is 100 Å². The van der Waals surface area contributed by atoms with Crippen molar-refractivity contribution in [3.63, 3.8) is 0 Å². The summed E-state index contributed by atoms with van der Waals surface area (Å²) in [6.07, 6.45) is 7.48. The molecule has 0 radical (unpaired) electrons. The lowest BCUT2D eigenvalue weighted by Crippen LogP contribution is -2.63. The van der Waals surface area contributed by atoms with E-state index in [0.29, 0.717) is 5.54 Å². The normalized spacial score (nSPS) is 36.2. The van der Waals surface area contributed by atoms with E-state index in [-0.39, 0.29) is 0 Å². The topological polar surface area (TPSA) is 15.3 Å². The zero-order valence-electron chi connectivity index (χ0n) is 10.8. The molecule has 0 aromatic rings. The van der Waals surface area contributed by atoms with Gasteiger partial charge in [-0.2, -0.15) is 0 Å². The first-order valence-electron chi connectivity index (χ1n) is 6.79. The summed E-state index contributed by atoms with van der Waals surface area (Å²) in [5, 5.41) is 3.80. The first kappa shape index (κ1) is 12.1. The Morgan fingerprint density at radius 2 is 2.25 bits per heavy atom. The molecule has 1 saturated heterocycles. The van der Waals surface area contributed by atoms with Crippen LogP contribution in [0.15, 0.2) is 12.7 Å². The van der Waals surface area contributed by atoms with E-state index in [4.69, 9.17) is 0 Å². The van der Waals surface area contributed by atoms with Gasteiger partial charge in [-0.3, -0.25) is 4.90 Å². The molecule has 2 heteroatoms. The van der Waals surface area contributed by atoms with Crippen molar-refractivity contribution >= 4 is 0 Å². The Hall–Kier alpha value is -0.340. The summed E-state index contributed by atoms with van der Waals surface area (Å²) in [6.45, 7) is 12.0. The molecular formula is C14H26N2. The van der Waals surface area contributed by atoms with Crippen LogP contribution < -0.4 is 5.32 Å². The minimum atomic E-state index is 0.368. The SMILES string of the molecule is C=CCN1CC(C)(C2CC2)NCC1CCC. The van der Waals surface area contributed by atoms with Crippen LogP contribution in [-0.4, -0.2) is 36.1 Å². The molecule has 2 unspecified atom stereocenters. The second kappa shape index (κ2) is 4.89. The summed E-state index contributed by atoms with van der Waals surface area (Å²) in [7, 11) is 0. The standard InChI is InChI=1S/C14H26N2/c1-4-6-13-10-15-14(3,12-7-8-12)11-16(13)9-5-2/h5,12-13,15H,2,4,6-11H2,1,3H3. The van der Waals surface area contributed by atoms with Crippen LogP contribution in [0.3, 0.4) is 0 Å². The van der Waals surface area contributed by atoms with E-state index in [9.17, 15) is 0 Å². The maximum absolute atomic E-state index is 3.90. The molecule has 0 aromatic heterocycles. The van der Waals surface area contributed by atoms with Crippen molar-refractivity contribution in [3.05, 3.63) is 12.7 Å². The molecule has 0 spiro atoms. The molecule has 2 nitrogen and oxygen atoms in total. The van der Waals surface area contributed by atoms with Crippen LogP contribution in [0.25, 0.3) is 0 Å². The van der Waals surface area contributed by atoms with E-state index in [1.54, 1.807) is 0 Å². The van der Waals surface area contributed by atoms with Crippen LogP contribution >= 0.6 is 0 Å². The zero-order chi connectivity index (χ0) is 11.6. The Kier molecular flexibility index (Phi) is 3.70. The van der Waals surface area contributed by atoms with Gasteiger partial charge in [0.2, 0.25) is 0 Å². The summed E-state index contributed by atoms with van der Waals surface area (Å²) in [4.78, 5) is 2.63. The molecule has 2 fully saturated rings. The average Bonchev–Trinajstić information content (AvgIpc) is 3.07. The second-order valence-electron chi connectivity index (χ2n) is 5.73. The molecule has 92 valence electrons. The fourth-order valence-corrected chi connectivity index (χ4v) is 3.08. The first-order chi connectivity index (χ1) is 7.69. The molecular weight excluding hydrogens is 196 g/mol. The summed E-state index contributed by atoms with van der Waals surface area (Å²) < 4.78 is 0. The lowest BCUT2D eigenvalue weighted by molar-refractivity contribution is 0.0806. The van der Waals surface area contributed by atoms with Gasteiger partial charge in [0.1, 0.15) is 0 Å². The summed E-state index contributed by atoms with van der Waals surface area (Å²) >= 11 is 0. The molecule has 1 N–H and O–H groups in total. The van der Waals surface area contributed by atoms with Gasteiger partial charge < -0.3 is 5.32 Å². The fourth-order valence-electron chi connectivity index (χ4n) is 3.08. The van der Waals surface area contributed by atoms with E-state index in [1.165, 1.54) is 32.2 Å². The van der Waals surface area contributed by atoms with Gasteiger partial charge in [-0.25, -0.2) is 0 Å². The largest absolute Gasteiger partial charge is 0.308 e. The van der Waals surface area contributed by atoms with Crippen molar-refractivity contribution in [2.75, 3.05) is 19.6 Å². The zero-order valence-corrected chi connectivity index (χ0v) is 10.8. The van der Waals surface area contributed by atoms with Crippen LogP contribution in [0, 0.1) is 5.92 Å². The Morgan fingerprint density at radius 1 is 1.50 bits per heavy atom. The van der Waals surface area contributed by atoms with E-state index in [0.717, 1.165) is 25.0 Å². The third kappa shape index (κ3) is 2.49. The molecule has 1 aliphatic heterocycles. The maximum atomic E-state index is 3.90. The fraction of sp³-hybridized carbons (Fsp3) is 0.857. The van der Waals surface area contributed by atoms with Crippen molar-refractivity contribution in [3.8, 4) is 0 Å². The molecule has 2 aliphatic rings. The van der Waals surface area contributed by atoms with Gasteiger partial charge in [-0.1, -0.05) is 19.4 Å². The Bertz CT molecular complexity index is 247.